The van der Waals surface area contributed by atoms with E-state index >= 15 is 0 Å². The molecule has 0 unspecified atom stereocenters. The molecule has 0 aliphatic heterocycles. The topological polar surface area (TPSA) is 0 Å². The van der Waals surface area contributed by atoms with Gasteiger partial charge in [-0.15, -0.1) is 0 Å². The standard InChI is InChI=1S/C14H14/c1-3-7-13(8-4-1)11-12-14-9-5-2-6-10-14/h1-10H,11-12H2/i1D,2D. The first-order valence-electron chi connectivity index (χ1n) is 5.85. The van der Waals surface area contributed by atoms with E-state index in [1.807, 2.05) is 48.5 Å². The number of hydrogen-bond donors (Lipinski definition) is 0. The molecule has 0 saturated carbocycles. The Hall–Kier alpha value is -1.56. The molecule has 2 rings (SSSR count). The van der Waals surface area contributed by atoms with Gasteiger partial charge in [0, 0.05) is 0 Å². The van der Waals surface area contributed by atoms with Gasteiger partial charge in [-0.25, -0.2) is 0 Å². The van der Waals surface area contributed by atoms with Crippen LogP contribution in [0.5, 0.6) is 0 Å². The third-order valence-corrected chi connectivity index (χ3v) is 2.28. The van der Waals surface area contributed by atoms with Crippen LogP contribution in [0.4, 0.5) is 0 Å². The molecular formula is C14H14. The summed E-state index contributed by atoms with van der Waals surface area (Å²) in [6, 6.07) is 16.4. The van der Waals surface area contributed by atoms with Crippen LogP contribution in [0.1, 0.15) is 13.9 Å². The minimum Gasteiger partial charge on any atom is -0.0622 e. The van der Waals surface area contributed by atoms with Gasteiger partial charge in [-0.3, -0.25) is 0 Å². The molecule has 0 aromatic heterocycles. The monoisotopic (exact) mass is 184 g/mol. The van der Waals surface area contributed by atoms with E-state index in [9.17, 15) is 0 Å². The van der Waals surface area contributed by atoms with Crippen LogP contribution < -0.4 is 0 Å². The van der Waals surface area contributed by atoms with Crippen molar-refractivity contribution in [3.05, 3.63) is 71.7 Å². The quantitative estimate of drug-likeness (QED) is 0.685. The summed E-state index contributed by atoms with van der Waals surface area (Å²) in [7, 11) is 0. The van der Waals surface area contributed by atoms with Crippen molar-refractivity contribution in [2.45, 2.75) is 12.8 Å². The maximum atomic E-state index is 7.39. The second-order valence-corrected chi connectivity index (χ2v) is 3.32. The zero-order valence-corrected chi connectivity index (χ0v) is 8.03. The van der Waals surface area contributed by atoms with Crippen LogP contribution in [0.3, 0.4) is 0 Å². The van der Waals surface area contributed by atoms with Crippen molar-refractivity contribution in [1.82, 2.24) is 0 Å². The number of aryl methyl sites for hydroxylation is 2. The zero-order valence-electron chi connectivity index (χ0n) is 10.0. The highest BCUT2D eigenvalue weighted by Crippen LogP contribution is 2.06. The fourth-order valence-corrected chi connectivity index (χ4v) is 1.46. The third-order valence-electron chi connectivity index (χ3n) is 2.28. The molecule has 0 bridgehead atoms. The van der Waals surface area contributed by atoms with Crippen LogP contribution in [-0.4, -0.2) is 0 Å². The molecule has 0 N–H and O–H groups in total. The van der Waals surface area contributed by atoms with Gasteiger partial charge in [0.15, 0.2) is 0 Å². The number of rotatable bonds is 3. The Kier molecular flexibility index (Phi) is 2.25. The van der Waals surface area contributed by atoms with Gasteiger partial charge in [-0.1, -0.05) is 60.6 Å². The van der Waals surface area contributed by atoms with E-state index in [1.54, 1.807) is 0 Å². The van der Waals surface area contributed by atoms with Gasteiger partial charge in [0.2, 0.25) is 0 Å². The lowest BCUT2D eigenvalue weighted by atomic mass is 10.0. The van der Waals surface area contributed by atoms with Crippen LogP contribution in [-0.2, 0) is 12.8 Å². The van der Waals surface area contributed by atoms with Gasteiger partial charge in [0.05, 0.1) is 2.74 Å². The largest absolute Gasteiger partial charge is 0.0623 e. The molecule has 2 aromatic carbocycles. The highest BCUT2D eigenvalue weighted by molar-refractivity contribution is 5.19. The second-order valence-electron chi connectivity index (χ2n) is 3.32. The van der Waals surface area contributed by atoms with E-state index in [2.05, 4.69) is 0 Å². The Balaban J connectivity index is 1.97. The molecule has 0 spiro atoms. The van der Waals surface area contributed by atoms with E-state index in [4.69, 9.17) is 2.74 Å². The van der Waals surface area contributed by atoms with Gasteiger partial charge in [0.25, 0.3) is 0 Å². The summed E-state index contributed by atoms with van der Waals surface area (Å²) >= 11 is 0. The highest BCUT2D eigenvalue weighted by Gasteiger charge is 1.93. The van der Waals surface area contributed by atoms with Crippen molar-refractivity contribution < 1.29 is 2.74 Å². The third kappa shape index (κ3) is 2.46. The van der Waals surface area contributed by atoms with Gasteiger partial charge in [-0.2, -0.15) is 0 Å². The van der Waals surface area contributed by atoms with Crippen LogP contribution >= 0.6 is 0 Å². The molecule has 70 valence electrons. The SMILES string of the molecule is [2H]c1ccc(CCc2ccc([2H])cc2)cc1. The first kappa shape index (κ1) is 6.83. The summed E-state index contributed by atoms with van der Waals surface area (Å²) in [4.78, 5) is 0. The lowest BCUT2D eigenvalue weighted by Gasteiger charge is -2.01. The number of hydrogen-bond acceptors (Lipinski definition) is 0. The van der Waals surface area contributed by atoms with Crippen molar-refractivity contribution in [3.63, 3.8) is 0 Å². The molecule has 0 radical (unpaired) electrons. The first-order chi connectivity index (χ1) is 7.74. The number of benzene rings is 2. The molecule has 0 nitrogen and oxygen atoms in total. The van der Waals surface area contributed by atoms with Crippen molar-refractivity contribution in [2.24, 2.45) is 0 Å². The average Bonchev–Trinajstić information content (AvgIpc) is 2.30. The highest BCUT2D eigenvalue weighted by atomic mass is 14.0. The van der Waals surface area contributed by atoms with Crippen LogP contribution in [0.15, 0.2) is 60.6 Å². The van der Waals surface area contributed by atoms with E-state index in [-0.39, 0.29) is 0 Å². The minimum atomic E-state index is 0.558. The summed E-state index contributed by atoms with van der Waals surface area (Å²) in [5.41, 5.74) is 2.51. The van der Waals surface area contributed by atoms with Gasteiger partial charge < -0.3 is 0 Å². The van der Waals surface area contributed by atoms with E-state index in [0.29, 0.717) is 12.1 Å². The molecule has 0 aliphatic rings. The van der Waals surface area contributed by atoms with Crippen molar-refractivity contribution in [1.29, 1.82) is 0 Å². The maximum Gasteiger partial charge on any atom is 0.0623 e. The average molecular weight is 184 g/mol. The molecule has 0 atom stereocenters. The molecule has 14 heavy (non-hydrogen) atoms. The lowest BCUT2D eigenvalue weighted by Crippen LogP contribution is -1.89. The minimum absolute atomic E-state index is 0.558. The predicted molar refractivity (Wildman–Crippen MR) is 60.3 cm³/mol. The Morgan fingerprint density at radius 2 is 1.07 bits per heavy atom. The fraction of sp³-hybridized carbons (Fsp3) is 0.143. The van der Waals surface area contributed by atoms with E-state index < -0.39 is 0 Å². The first-order valence-corrected chi connectivity index (χ1v) is 4.85. The van der Waals surface area contributed by atoms with E-state index in [0.717, 1.165) is 12.8 Å². The van der Waals surface area contributed by atoms with Gasteiger partial charge >= 0.3 is 0 Å². The summed E-state index contributed by atoms with van der Waals surface area (Å²) in [6.07, 6.45) is 1.97. The van der Waals surface area contributed by atoms with Crippen molar-refractivity contribution in [3.8, 4) is 0 Å². The molecule has 0 saturated heterocycles. The van der Waals surface area contributed by atoms with Crippen molar-refractivity contribution in [2.75, 3.05) is 0 Å². The van der Waals surface area contributed by atoms with Gasteiger partial charge in [0.1, 0.15) is 0 Å². The Morgan fingerprint density at radius 1 is 0.714 bits per heavy atom. The fourth-order valence-electron chi connectivity index (χ4n) is 1.46. The Morgan fingerprint density at radius 3 is 1.43 bits per heavy atom. The smallest absolute Gasteiger partial charge is 0.0622 e. The Labute approximate surface area is 88.0 Å². The molecule has 2 aromatic rings. The maximum absolute atomic E-state index is 7.39. The van der Waals surface area contributed by atoms with E-state index in [1.165, 1.54) is 11.1 Å². The molecule has 0 aliphatic carbocycles. The molecule has 0 fully saturated rings. The normalized spacial score (nSPS) is 12.0. The van der Waals surface area contributed by atoms with Crippen LogP contribution in [0, 0.1) is 0 Å². The zero-order chi connectivity index (χ0) is 11.4. The lowest BCUT2D eigenvalue weighted by molar-refractivity contribution is 0.960. The summed E-state index contributed by atoms with van der Waals surface area (Å²) in [5, 5.41) is 0. The second kappa shape index (κ2) is 4.61. The molecule has 0 amide bonds. The summed E-state index contributed by atoms with van der Waals surface area (Å²) in [6.45, 7) is 0. The summed E-state index contributed by atoms with van der Waals surface area (Å²) in [5.74, 6) is 0. The molecule has 0 heteroatoms. The predicted octanol–water partition coefficient (Wildman–Crippen LogP) is 3.47. The Bertz CT molecular complexity index is 398. The van der Waals surface area contributed by atoms with Gasteiger partial charge in [-0.05, 0) is 24.0 Å². The van der Waals surface area contributed by atoms with Crippen LogP contribution in [0.25, 0.3) is 0 Å². The molecule has 0 heterocycles. The van der Waals surface area contributed by atoms with Crippen molar-refractivity contribution >= 4 is 0 Å². The van der Waals surface area contributed by atoms with Crippen LogP contribution in [0.2, 0.25) is 0 Å². The summed E-state index contributed by atoms with van der Waals surface area (Å²) < 4.78 is 14.8. The molecular weight excluding hydrogens is 168 g/mol.